The van der Waals surface area contributed by atoms with Crippen molar-refractivity contribution in [2.45, 2.75) is 31.7 Å². The van der Waals surface area contributed by atoms with E-state index in [1.807, 2.05) is 49.4 Å². The molecule has 1 aliphatic heterocycles. The van der Waals surface area contributed by atoms with Crippen molar-refractivity contribution >= 4 is 22.8 Å². The van der Waals surface area contributed by atoms with Crippen LogP contribution in [0.3, 0.4) is 0 Å². The number of ether oxygens (including phenoxy) is 2. The average Bonchev–Trinajstić information content (AvgIpc) is 3.06. The molecule has 3 aromatic carbocycles. The number of Topliss-reactive ketones (excluding diaryl/α,β-unsaturated/α-hetero) is 1. The number of nitro groups is 1. The molecule has 8 heteroatoms. The number of nitrogens with one attached hydrogen (secondary N) is 2. The number of nitro benzene ring substituents is 1. The molecule has 2 atom stereocenters. The number of para-hydroxylation sites is 2. The van der Waals surface area contributed by atoms with Gasteiger partial charge in [0.25, 0.3) is 5.69 Å². The van der Waals surface area contributed by atoms with Crippen molar-refractivity contribution in [1.82, 2.24) is 0 Å². The molecular weight excluding hydrogens is 458 g/mol. The van der Waals surface area contributed by atoms with Gasteiger partial charge in [-0.15, -0.1) is 0 Å². The minimum absolute atomic E-state index is 0.0135. The smallest absolute Gasteiger partial charge is 0.269 e. The van der Waals surface area contributed by atoms with Gasteiger partial charge in [-0.05, 0) is 66.8 Å². The molecule has 1 aliphatic carbocycles. The monoisotopic (exact) mass is 485 g/mol. The second kappa shape index (κ2) is 9.73. The van der Waals surface area contributed by atoms with Crippen LogP contribution in [-0.2, 0) is 4.79 Å². The van der Waals surface area contributed by atoms with Gasteiger partial charge in [0.15, 0.2) is 17.3 Å². The lowest BCUT2D eigenvalue weighted by Gasteiger charge is -2.30. The van der Waals surface area contributed by atoms with Crippen LogP contribution in [0.25, 0.3) is 0 Å². The highest BCUT2D eigenvalue weighted by Gasteiger charge is 2.36. The molecule has 0 amide bonds. The highest BCUT2D eigenvalue weighted by Crippen LogP contribution is 2.45. The SMILES string of the molecule is CCOc1ccc([C@H]2CC(=O)C3=C(C2)Nc2ccccc2N[C@H]3c2ccc([N+](=O)[O-])cc2)cc1OC. The molecular formula is C28H27N3O5. The number of hydrogen-bond acceptors (Lipinski definition) is 7. The maximum atomic E-state index is 13.7. The van der Waals surface area contributed by atoms with Gasteiger partial charge < -0.3 is 20.1 Å². The van der Waals surface area contributed by atoms with Crippen molar-refractivity contribution in [3.8, 4) is 11.5 Å². The fraction of sp³-hybridized carbons (Fsp3) is 0.250. The molecule has 0 saturated carbocycles. The fourth-order valence-electron chi connectivity index (χ4n) is 4.98. The van der Waals surface area contributed by atoms with Crippen LogP contribution in [0.4, 0.5) is 17.1 Å². The fourth-order valence-corrected chi connectivity index (χ4v) is 4.98. The molecule has 36 heavy (non-hydrogen) atoms. The van der Waals surface area contributed by atoms with E-state index in [-0.39, 0.29) is 17.4 Å². The Morgan fingerprint density at radius 2 is 1.69 bits per heavy atom. The van der Waals surface area contributed by atoms with Crippen molar-refractivity contribution in [3.63, 3.8) is 0 Å². The molecule has 0 fully saturated rings. The summed E-state index contributed by atoms with van der Waals surface area (Å²) in [6.45, 7) is 2.46. The molecule has 0 aromatic heterocycles. The van der Waals surface area contributed by atoms with Gasteiger partial charge in [-0.1, -0.05) is 18.2 Å². The van der Waals surface area contributed by atoms with E-state index in [4.69, 9.17) is 9.47 Å². The summed E-state index contributed by atoms with van der Waals surface area (Å²) < 4.78 is 11.2. The average molecular weight is 486 g/mol. The van der Waals surface area contributed by atoms with Crippen LogP contribution in [-0.4, -0.2) is 24.4 Å². The molecule has 3 aromatic rings. The first-order valence-electron chi connectivity index (χ1n) is 11.9. The summed E-state index contributed by atoms with van der Waals surface area (Å²) in [5, 5.41) is 18.2. The first-order chi connectivity index (χ1) is 17.5. The van der Waals surface area contributed by atoms with Crippen LogP contribution in [0.2, 0.25) is 0 Å². The Morgan fingerprint density at radius 1 is 0.972 bits per heavy atom. The number of nitrogens with zero attached hydrogens (tertiary/aromatic N) is 1. The van der Waals surface area contributed by atoms with E-state index in [1.165, 1.54) is 12.1 Å². The molecule has 2 N–H and O–H groups in total. The number of methoxy groups -OCH3 is 1. The van der Waals surface area contributed by atoms with Crippen LogP contribution in [0, 0.1) is 10.1 Å². The van der Waals surface area contributed by atoms with E-state index in [9.17, 15) is 14.9 Å². The second-order valence-corrected chi connectivity index (χ2v) is 8.86. The van der Waals surface area contributed by atoms with Gasteiger partial charge >= 0.3 is 0 Å². The van der Waals surface area contributed by atoms with Gasteiger partial charge in [0.2, 0.25) is 0 Å². The van der Waals surface area contributed by atoms with Crippen LogP contribution in [0.5, 0.6) is 11.5 Å². The Bertz CT molecular complexity index is 1350. The zero-order chi connectivity index (χ0) is 25.2. The van der Waals surface area contributed by atoms with Gasteiger partial charge in [-0.3, -0.25) is 14.9 Å². The first-order valence-corrected chi connectivity index (χ1v) is 11.9. The predicted octanol–water partition coefficient (Wildman–Crippen LogP) is 5.98. The largest absolute Gasteiger partial charge is 0.493 e. The van der Waals surface area contributed by atoms with Crippen molar-refractivity contribution in [3.05, 3.63) is 99.2 Å². The number of carbonyl (C=O) groups is 1. The third-order valence-electron chi connectivity index (χ3n) is 6.71. The molecule has 8 nitrogen and oxygen atoms in total. The van der Waals surface area contributed by atoms with Gasteiger partial charge in [-0.25, -0.2) is 0 Å². The predicted molar refractivity (Wildman–Crippen MR) is 138 cm³/mol. The Kier molecular flexibility index (Phi) is 6.33. The van der Waals surface area contributed by atoms with E-state index in [0.29, 0.717) is 36.5 Å². The molecule has 0 unspecified atom stereocenters. The van der Waals surface area contributed by atoms with Crippen LogP contribution in [0.15, 0.2) is 78.0 Å². The Hall–Kier alpha value is -4.33. The number of anilines is 2. The topological polar surface area (TPSA) is 103 Å². The molecule has 2 aliphatic rings. The number of non-ortho nitro benzene ring substituents is 1. The second-order valence-electron chi connectivity index (χ2n) is 8.86. The molecule has 0 spiro atoms. The van der Waals surface area contributed by atoms with Gasteiger partial charge in [0.05, 0.1) is 36.1 Å². The zero-order valence-corrected chi connectivity index (χ0v) is 20.1. The maximum absolute atomic E-state index is 13.7. The number of rotatable bonds is 6. The van der Waals surface area contributed by atoms with Gasteiger partial charge in [0, 0.05) is 29.8 Å². The van der Waals surface area contributed by atoms with E-state index in [1.54, 1.807) is 19.2 Å². The van der Waals surface area contributed by atoms with Crippen LogP contribution in [0.1, 0.15) is 42.9 Å². The lowest BCUT2D eigenvalue weighted by molar-refractivity contribution is -0.384. The minimum atomic E-state index is -0.430. The lowest BCUT2D eigenvalue weighted by atomic mass is 9.78. The Morgan fingerprint density at radius 3 is 2.39 bits per heavy atom. The van der Waals surface area contributed by atoms with Crippen molar-refractivity contribution in [1.29, 1.82) is 0 Å². The summed E-state index contributed by atoms with van der Waals surface area (Å²) in [4.78, 5) is 24.4. The Balaban J connectivity index is 1.55. The number of allylic oxidation sites excluding steroid dienone is 1. The molecule has 1 heterocycles. The first kappa shape index (κ1) is 23.4. The highest BCUT2D eigenvalue weighted by molar-refractivity contribution is 6.01. The minimum Gasteiger partial charge on any atom is -0.493 e. The maximum Gasteiger partial charge on any atom is 0.269 e. The molecule has 5 rings (SSSR count). The lowest BCUT2D eigenvalue weighted by Crippen LogP contribution is -2.26. The summed E-state index contributed by atoms with van der Waals surface area (Å²) >= 11 is 0. The van der Waals surface area contributed by atoms with Crippen molar-refractivity contribution < 1.29 is 19.2 Å². The van der Waals surface area contributed by atoms with Gasteiger partial charge in [-0.2, -0.15) is 0 Å². The van der Waals surface area contributed by atoms with Crippen molar-refractivity contribution in [2.24, 2.45) is 0 Å². The van der Waals surface area contributed by atoms with Crippen LogP contribution >= 0.6 is 0 Å². The molecule has 0 radical (unpaired) electrons. The number of hydrogen-bond donors (Lipinski definition) is 2. The van der Waals surface area contributed by atoms with Crippen molar-refractivity contribution in [2.75, 3.05) is 24.4 Å². The zero-order valence-electron chi connectivity index (χ0n) is 20.1. The van der Waals surface area contributed by atoms with Gasteiger partial charge in [0.1, 0.15) is 0 Å². The van der Waals surface area contributed by atoms with Crippen LogP contribution < -0.4 is 20.1 Å². The summed E-state index contributed by atoms with van der Waals surface area (Å²) in [5.41, 5.74) is 5.07. The summed E-state index contributed by atoms with van der Waals surface area (Å²) in [6, 6.07) is 19.6. The summed E-state index contributed by atoms with van der Waals surface area (Å²) in [6.07, 6.45) is 0.983. The highest BCUT2D eigenvalue weighted by atomic mass is 16.6. The normalized spacial score (nSPS) is 18.8. The molecule has 0 saturated heterocycles. The summed E-state index contributed by atoms with van der Waals surface area (Å²) in [7, 11) is 1.61. The summed E-state index contributed by atoms with van der Waals surface area (Å²) in [5.74, 6) is 1.32. The number of fused-ring (bicyclic) bond motifs is 1. The standard InChI is InChI=1S/C28H27N3O5/c1-3-36-25-13-10-18(16-26(25)35-2)19-14-23-27(24(32)15-19)28(17-8-11-20(12-9-17)31(33)34)30-22-7-5-4-6-21(22)29-23/h4-13,16,19,28-30H,3,14-15H2,1-2H3/t19-,28+/m1/s1. The number of ketones is 1. The third kappa shape index (κ3) is 4.37. The van der Waals surface area contributed by atoms with E-state index in [2.05, 4.69) is 10.6 Å². The number of carbonyl (C=O) groups excluding carboxylic acids is 1. The quantitative estimate of drug-likeness (QED) is 0.327. The van der Waals surface area contributed by atoms with E-state index < -0.39 is 11.0 Å². The van der Waals surface area contributed by atoms with E-state index >= 15 is 0 Å². The third-order valence-corrected chi connectivity index (χ3v) is 6.71. The molecule has 0 bridgehead atoms. The number of benzene rings is 3. The Labute approximate surface area is 209 Å². The molecule has 184 valence electrons. The van der Waals surface area contributed by atoms with E-state index in [0.717, 1.165) is 28.2 Å².